The largest absolute Gasteiger partial charge is 0.479 e. The van der Waals surface area contributed by atoms with Crippen molar-refractivity contribution in [2.24, 2.45) is 11.8 Å². The van der Waals surface area contributed by atoms with Crippen LogP contribution in [0.5, 0.6) is 0 Å². The Bertz CT molecular complexity index is 231. The van der Waals surface area contributed by atoms with E-state index in [0.717, 1.165) is 38.9 Å². The molecular formula is C10H17NO3. The van der Waals surface area contributed by atoms with Crippen molar-refractivity contribution >= 4 is 5.97 Å². The van der Waals surface area contributed by atoms with E-state index in [0.29, 0.717) is 5.92 Å². The van der Waals surface area contributed by atoms with Gasteiger partial charge in [-0.2, -0.15) is 0 Å². The first-order chi connectivity index (χ1) is 6.68. The number of hydrogen-bond donors (Lipinski definition) is 2. The molecule has 14 heavy (non-hydrogen) atoms. The minimum atomic E-state index is -1.15. The Balaban J connectivity index is 2.02. The van der Waals surface area contributed by atoms with Crippen LogP contribution in [0.1, 0.15) is 19.3 Å². The van der Waals surface area contributed by atoms with Crippen molar-refractivity contribution in [1.29, 1.82) is 0 Å². The highest BCUT2D eigenvalue weighted by Crippen LogP contribution is 2.33. The Morgan fingerprint density at radius 3 is 2.86 bits per heavy atom. The molecule has 2 aliphatic rings. The summed E-state index contributed by atoms with van der Waals surface area (Å²) in [6, 6.07) is 0. The van der Waals surface area contributed by atoms with Crippen molar-refractivity contribution in [3.8, 4) is 0 Å². The summed E-state index contributed by atoms with van der Waals surface area (Å²) in [6.07, 6.45) is 1.90. The molecule has 0 amide bonds. The molecular weight excluding hydrogens is 182 g/mol. The zero-order valence-electron chi connectivity index (χ0n) is 8.22. The average Bonchev–Trinajstić information content (AvgIpc) is 2.17. The van der Waals surface area contributed by atoms with Crippen molar-refractivity contribution < 1.29 is 15.0 Å². The number of aliphatic hydroxyl groups excluding tert-OH is 1. The minimum Gasteiger partial charge on any atom is -0.479 e. The summed E-state index contributed by atoms with van der Waals surface area (Å²) >= 11 is 0. The highest BCUT2D eigenvalue weighted by atomic mass is 16.4. The molecule has 0 aromatic carbocycles. The lowest BCUT2D eigenvalue weighted by atomic mass is 9.77. The van der Waals surface area contributed by atoms with Gasteiger partial charge in [0.25, 0.3) is 0 Å². The third-order valence-electron chi connectivity index (χ3n) is 3.58. The zero-order chi connectivity index (χ0) is 10.1. The topological polar surface area (TPSA) is 60.8 Å². The SMILES string of the molecule is O=C(O)C(O)C1CCN2CCCC1C2. The number of aliphatic carboxylic acids is 1. The van der Waals surface area contributed by atoms with Gasteiger partial charge in [0.15, 0.2) is 6.10 Å². The van der Waals surface area contributed by atoms with Crippen LogP contribution < -0.4 is 0 Å². The Labute approximate surface area is 83.5 Å². The van der Waals surface area contributed by atoms with Gasteiger partial charge in [0.1, 0.15) is 0 Å². The summed E-state index contributed by atoms with van der Waals surface area (Å²) in [5.74, 6) is -0.693. The van der Waals surface area contributed by atoms with Gasteiger partial charge in [0.2, 0.25) is 0 Å². The van der Waals surface area contributed by atoms with Crippen LogP contribution in [0.3, 0.4) is 0 Å². The normalized spacial score (nSPS) is 39.1. The molecule has 4 atom stereocenters. The second-order valence-corrected chi connectivity index (χ2v) is 4.44. The van der Waals surface area contributed by atoms with Gasteiger partial charge < -0.3 is 15.1 Å². The first-order valence-corrected chi connectivity index (χ1v) is 5.31. The van der Waals surface area contributed by atoms with Gasteiger partial charge in [0.05, 0.1) is 0 Å². The molecule has 2 heterocycles. The first-order valence-electron chi connectivity index (χ1n) is 5.31. The van der Waals surface area contributed by atoms with E-state index in [2.05, 4.69) is 4.90 Å². The maximum atomic E-state index is 10.7. The Morgan fingerprint density at radius 1 is 1.36 bits per heavy atom. The van der Waals surface area contributed by atoms with Crippen LogP contribution in [0, 0.1) is 11.8 Å². The average molecular weight is 199 g/mol. The second kappa shape index (κ2) is 3.87. The van der Waals surface area contributed by atoms with Gasteiger partial charge in [0, 0.05) is 12.5 Å². The molecule has 0 spiro atoms. The molecule has 2 bridgehead atoms. The van der Waals surface area contributed by atoms with E-state index in [1.807, 2.05) is 0 Å². The van der Waals surface area contributed by atoms with Crippen molar-refractivity contribution in [3.05, 3.63) is 0 Å². The van der Waals surface area contributed by atoms with Crippen molar-refractivity contribution in [2.45, 2.75) is 25.4 Å². The first kappa shape index (κ1) is 9.93. The fourth-order valence-electron chi connectivity index (χ4n) is 2.81. The Kier molecular flexibility index (Phi) is 2.74. The van der Waals surface area contributed by atoms with E-state index in [-0.39, 0.29) is 5.92 Å². The molecule has 2 N–H and O–H groups in total. The summed E-state index contributed by atoms with van der Waals surface area (Å²) < 4.78 is 0. The smallest absolute Gasteiger partial charge is 0.332 e. The molecule has 2 aliphatic heterocycles. The lowest BCUT2D eigenvalue weighted by molar-refractivity contribution is -0.153. The number of carbonyl (C=O) groups is 1. The highest BCUT2D eigenvalue weighted by molar-refractivity contribution is 5.72. The van der Waals surface area contributed by atoms with Crippen LogP contribution >= 0.6 is 0 Å². The number of fused-ring (bicyclic) bond motifs is 2. The maximum absolute atomic E-state index is 10.7. The summed E-state index contributed by atoms with van der Waals surface area (Å²) in [6.45, 7) is 3.08. The van der Waals surface area contributed by atoms with E-state index in [1.54, 1.807) is 0 Å². The number of hydrogen-bond acceptors (Lipinski definition) is 3. The summed E-state index contributed by atoms with van der Waals surface area (Å²) in [5, 5.41) is 18.3. The number of carboxylic acids is 1. The Morgan fingerprint density at radius 2 is 2.14 bits per heavy atom. The third kappa shape index (κ3) is 1.77. The molecule has 4 nitrogen and oxygen atoms in total. The molecule has 0 saturated carbocycles. The fraction of sp³-hybridized carbons (Fsp3) is 0.900. The third-order valence-corrected chi connectivity index (χ3v) is 3.58. The minimum absolute atomic E-state index is 0.0240. The monoisotopic (exact) mass is 199 g/mol. The predicted octanol–water partition coefficient (Wildman–Crippen LogP) is 0.164. The second-order valence-electron chi connectivity index (χ2n) is 4.44. The Hall–Kier alpha value is -0.610. The number of aliphatic hydroxyl groups is 1. The highest BCUT2D eigenvalue weighted by Gasteiger charge is 2.38. The molecule has 80 valence electrons. The van der Waals surface area contributed by atoms with Crippen molar-refractivity contribution in [2.75, 3.05) is 19.6 Å². The van der Waals surface area contributed by atoms with Crippen LogP contribution in [0.15, 0.2) is 0 Å². The molecule has 0 aliphatic carbocycles. The summed E-state index contributed by atoms with van der Waals surface area (Å²) in [4.78, 5) is 13.1. The van der Waals surface area contributed by atoms with Crippen LogP contribution in [0.25, 0.3) is 0 Å². The lowest BCUT2D eigenvalue weighted by Gasteiger charge is -2.43. The molecule has 2 fully saturated rings. The number of piperidine rings is 2. The number of nitrogens with zero attached hydrogens (tertiary/aromatic N) is 1. The standard InChI is InChI=1S/C10H17NO3/c12-9(10(13)14)8-3-5-11-4-1-2-7(8)6-11/h7-9,12H,1-6H2,(H,13,14). The van der Waals surface area contributed by atoms with Crippen LogP contribution in [0.4, 0.5) is 0 Å². The molecule has 0 aromatic heterocycles. The zero-order valence-corrected chi connectivity index (χ0v) is 8.22. The molecule has 4 unspecified atom stereocenters. The van der Waals surface area contributed by atoms with Gasteiger partial charge in [-0.25, -0.2) is 4.79 Å². The van der Waals surface area contributed by atoms with Gasteiger partial charge in [-0.15, -0.1) is 0 Å². The quantitative estimate of drug-likeness (QED) is 0.665. The summed E-state index contributed by atoms with van der Waals surface area (Å²) in [5.41, 5.74) is 0. The number of rotatable bonds is 2. The van der Waals surface area contributed by atoms with Crippen LogP contribution in [-0.4, -0.2) is 46.8 Å². The van der Waals surface area contributed by atoms with Gasteiger partial charge >= 0.3 is 5.97 Å². The summed E-state index contributed by atoms with van der Waals surface area (Å²) in [7, 11) is 0. The molecule has 4 heteroatoms. The lowest BCUT2D eigenvalue weighted by Crippen LogP contribution is -2.49. The van der Waals surface area contributed by atoms with E-state index in [9.17, 15) is 9.90 Å². The van der Waals surface area contributed by atoms with Crippen LogP contribution in [-0.2, 0) is 4.79 Å². The number of carboxylic acid groups (broad SMARTS) is 1. The maximum Gasteiger partial charge on any atom is 0.332 e. The molecule has 2 rings (SSSR count). The van der Waals surface area contributed by atoms with Crippen molar-refractivity contribution in [1.82, 2.24) is 4.90 Å². The molecule has 2 saturated heterocycles. The molecule has 0 aromatic rings. The molecule has 0 radical (unpaired) electrons. The van der Waals surface area contributed by atoms with E-state index < -0.39 is 12.1 Å². The van der Waals surface area contributed by atoms with Gasteiger partial charge in [-0.1, -0.05) is 0 Å². The van der Waals surface area contributed by atoms with Gasteiger partial charge in [-0.3, -0.25) is 0 Å². The van der Waals surface area contributed by atoms with Crippen molar-refractivity contribution in [3.63, 3.8) is 0 Å². The van der Waals surface area contributed by atoms with E-state index in [4.69, 9.17) is 5.11 Å². The van der Waals surface area contributed by atoms with E-state index in [1.165, 1.54) is 0 Å². The fourth-order valence-corrected chi connectivity index (χ4v) is 2.81. The van der Waals surface area contributed by atoms with Gasteiger partial charge in [-0.05, 0) is 38.3 Å². The van der Waals surface area contributed by atoms with Crippen LogP contribution in [0.2, 0.25) is 0 Å². The predicted molar refractivity (Wildman–Crippen MR) is 50.9 cm³/mol. The van der Waals surface area contributed by atoms with E-state index >= 15 is 0 Å².